The Bertz CT molecular complexity index is 1100. The van der Waals surface area contributed by atoms with Gasteiger partial charge in [-0.2, -0.15) is 13.2 Å². The molecule has 0 aromatic carbocycles. The minimum absolute atomic E-state index is 0.0797. The number of hydrogen-bond acceptors (Lipinski definition) is 5. The molecule has 3 amide bonds. The van der Waals surface area contributed by atoms with Crippen LogP contribution in [0.1, 0.15) is 16.9 Å². The molecular formula is C19H19F3N6O3. The Kier molecular flexibility index (Phi) is 5.07. The standard InChI is InChI=1S/C19H19F3N6O3/c1-26-7-2-3-13(17(26)30)25-18(31)28-11-6-8-27(9-11)14-5-4-12(24-15(14)28)16(29)23-10-19(20,21)22/h2-5,7,11H,6,8-10H2,1H3,(H,23,29)(H,25,31). The van der Waals surface area contributed by atoms with Crippen molar-refractivity contribution < 1.29 is 22.8 Å². The number of carbonyl (C=O) groups excluding carboxylic acids is 2. The fourth-order valence-corrected chi connectivity index (χ4v) is 3.74. The molecule has 1 saturated heterocycles. The van der Waals surface area contributed by atoms with Gasteiger partial charge in [0.15, 0.2) is 5.82 Å². The Balaban J connectivity index is 1.64. The van der Waals surface area contributed by atoms with Gasteiger partial charge in [-0.1, -0.05) is 0 Å². The van der Waals surface area contributed by atoms with Crippen molar-refractivity contribution in [1.82, 2.24) is 14.9 Å². The summed E-state index contributed by atoms with van der Waals surface area (Å²) in [6.07, 6.45) is -2.36. The molecule has 12 heteroatoms. The number of nitrogens with one attached hydrogen (secondary N) is 2. The number of anilines is 3. The third-order valence-electron chi connectivity index (χ3n) is 5.22. The number of carbonyl (C=O) groups is 2. The molecule has 164 valence electrons. The second-order valence-electron chi connectivity index (χ2n) is 7.36. The number of urea groups is 1. The zero-order chi connectivity index (χ0) is 22.3. The molecule has 0 radical (unpaired) electrons. The SMILES string of the molecule is Cn1cccc(NC(=O)N2c3nc(C(=O)NCC(F)(F)F)ccc3N3CCC2C3)c1=O. The largest absolute Gasteiger partial charge is 0.405 e. The van der Waals surface area contributed by atoms with Crippen LogP contribution in [0.15, 0.2) is 35.3 Å². The number of aromatic nitrogens is 2. The first kappa shape index (κ1) is 20.7. The summed E-state index contributed by atoms with van der Waals surface area (Å²) in [5.74, 6) is -0.830. The number of halogens is 3. The van der Waals surface area contributed by atoms with Crippen molar-refractivity contribution in [3.05, 3.63) is 46.5 Å². The minimum Gasteiger partial charge on any atom is -0.366 e. The third kappa shape index (κ3) is 4.05. The molecular weight excluding hydrogens is 417 g/mol. The molecule has 9 nitrogen and oxygen atoms in total. The number of alkyl halides is 3. The Labute approximate surface area is 174 Å². The van der Waals surface area contributed by atoms with E-state index in [1.807, 2.05) is 4.90 Å². The van der Waals surface area contributed by atoms with Crippen molar-refractivity contribution >= 4 is 29.1 Å². The monoisotopic (exact) mass is 436 g/mol. The molecule has 2 bridgehead atoms. The maximum absolute atomic E-state index is 13.1. The molecule has 4 heterocycles. The fourth-order valence-electron chi connectivity index (χ4n) is 3.74. The van der Waals surface area contributed by atoms with Gasteiger partial charge in [0, 0.05) is 26.3 Å². The lowest BCUT2D eigenvalue weighted by molar-refractivity contribution is -0.123. The molecule has 1 unspecified atom stereocenters. The summed E-state index contributed by atoms with van der Waals surface area (Å²) >= 11 is 0. The van der Waals surface area contributed by atoms with Gasteiger partial charge in [0.05, 0.1) is 11.7 Å². The first-order valence-corrected chi connectivity index (χ1v) is 9.51. The van der Waals surface area contributed by atoms with Crippen LogP contribution in [0.3, 0.4) is 0 Å². The number of rotatable bonds is 3. The van der Waals surface area contributed by atoms with Crippen molar-refractivity contribution in [2.45, 2.75) is 18.6 Å². The van der Waals surface area contributed by atoms with Crippen LogP contribution in [-0.4, -0.2) is 53.3 Å². The van der Waals surface area contributed by atoms with E-state index in [1.54, 1.807) is 30.7 Å². The lowest BCUT2D eigenvalue weighted by Gasteiger charge is -2.35. The Hall–Kier alpha value is -3.57. The summed E-state index contributed by atoms with van der Waals surface area (Å²) < 4.78 is 38.6. The molecule has 0 aliphatic carbocycles. The lowest BCUT2D eigenvalue weighted by atomic mass is 10.1. The Morgan fingerprint density at radius 2 is 2.03 bits per heavy atom. The van der Waals surface area contributed by atoms with Gasteiger partial charge in [-0.25, -0.2) is 9.78 Å². The predicted octanol–water partition coefficient (Wildman–Crippen LogP) is 1.70. The van der Waals surface area contributed by atoms with E-state index >= 15 is 0 Å². The number of pyridine rings is 2. The van der Waals surface area contributed by atoms with Crippen molar-refractivity contribution in [3.8, 4) is 0 Å². The van der Waals surface area contributed by atoms with Gasteiger partial charge < -0.3 is 20.1 Å². The lowest BCUT2D eigenvalue weighted by Crippen LogP contribution is -2.49. The van der Waals surface area contributed by atoms with Crippen LogP contribution < -0.4 is 26.0 Å². The topological polar surface area (TPSA) is 99.6 Å². The molecule has 31 heavy (non-hydrogen) atoms. The van der Waals surface area contributed by atoms with Crippen molar-refractivity contribution in [1.29, 1.82) is 0 Å². The van der Waals surface area contributed by atoms with Gasteiger partial charge in [0.1, 0.15) is 17.9 Å². The summed E-state index contributed by atoms with van der Waals surface area (Å²) in [5, 5.41) is 4.36. The van der Waals surface area contributed by atoms with E-state index in [-0.39, 0.29) is 23.2 Å². The van der Waals surface area contributed by atoms with E-state index in [2.05, 4.69) is 10.3 Å². The molecule has 0 saturated carbocycles. The molecule has 1 fully saturated rings. The van der Waals surface area contributed by atoms with Gasteiger partial charge in [-0.15, -0.1) is 0 Å². The second kappa shape index (κ2) is 7.60. The van der Waals surface area contributed by atoms with Crippen LogP contribution in [-0.2, 0) is 7.05 Å². The van der Waals surface area contributed by atoms with Crippen LogP contribution in [0.2, 0.25) is 0 Å². The van der Waals surface area contributed by atoms with E-state index in [9.17, 15) is 27.6 Å². The fraction of sp³-hybridized carbons (Fsp3) is 0.368. The zero-order valence-electron chi connectivity index (χ0n) is 16.4. The van der Waals surface area contributed by atoms with Crippen molar-refractivity contribution in [3.63, 3.8) is 0 Å². The number of aryl methyl sites for hydroxylation is 1. The summed E-state index contributed by atoms with van der Waals surface area (Å²) in [6.45, 7) is -0.273. The highest BCUT2D eigenvalue weighted by molar-refractivity contribution is 6.05. The number of nitrogens with zero attached hydrogens (tertiary/aromatic N) is 4. The van der Waals surface area contributed by atoms with Crippen LogP contribution in [0.4, 0.5) is 35.2 Å². The summed E-state index contributed by atoms with van der Waals surface area (Å²) in [7, 11) is 1.55. The Morgan fingerprint density at radius 1 is 1.26 bits per heavy atom. The van der Waals surface area contributed by atoms with Crippen molar-refractivity contribution in [2.75, 3.05) is 34.8 Å². The van der Waals surface area contributed by atoms with E-state index in [0.29, 0.717) is 25.2 Å². The van der Waals surface area contributed by atoms with Crippen LogP contribution >= 0.6 is 0 Å². The van der Waals surface area contributed by atoms with E-state index in [0.717, 1.165) is 0 Å². The minimum atomic E-state index is -4.55. The predicted molar refractivity (Wildman–Crippen MR) is 106 cm³/mol. The van der Waals surface area contributed by atoms with E-state index < -0.39 is 30.2 Å². The molecule has 4 rings (SSSR count). The summed E-state index contributed by atoms with van der Waals surface area (Å²) in [6, 6.07) is 5.12. The average molecular weight is 436 g/mol. The highest BCUT2D eigenvalue weighted by Crippen LogP contribution is 2.39. The van der Waals surface area contributed by atoms with E-state index in [1.165, 1.54) is 21.6 Å². The quantitative estimate of drug-likeness (QED) is 0.763. The van der Waals surface area contributed by atoms with Gasteiger partial charge in [-0.05, 0) is 30.7 Å². The van der Waals surface area contributed by atoms with Crippen LogP contribution in [0.5, 0.6) is 0 Å². The number of fused-ring (bicyclic) bond motifs is 4. The van der Waals surface area contributed by atoms with Gasteiger partial charge in [0.2, 0.25) is 0 Å². The average Bonchev–Trinajstić information content (AvgIpc) is 3.13. The molecule has 2 aromatic rings. The second-order valence-corrected chi connectivity index (χ2v) is 7.36. The van der Waals surface area contributed by atoms with Crippen LogP contribution in [0, 0.1) is 0 Å². The first-order valence-electron chi connectivity index (χ1n) is 9.51. The van der Waals surface area contributed by atoms with Crippen molar-refractivity contribution in [2.24, 2.45) is 7.05 Å². The Morgan fingerprint density at radius 3 is 2.77 bits per heavy atom. The van der Waals surface area contributed by atoms with Gasteiger partial charge >= 0.3 is 12.2 Å². The first-order chi connectivity index (χ1) is 14.6. The molecule has 2 aliphatic heterocycles. The van der Waals surface area contributed by atoms with Gasteiger partial charge in [0.25, 0.3) is 11.5 Å². The highest BCUT2D eigenvalue weighted by atomic mass is 19.4. The zero-order valence-corrected chi connectivity index (χ0v) is 16.4. The third-order valence-corrected chi connectivity index (χ3v) is 5.22. The molecule has 2 aliphatic rings. The number of hydrogen-bond donors (Lipinski definition) is 2. The molecule has 0 spiro atoms. The maximum atomic E-state index is 13.1. The molecule has 1 atom stereocenters. The maximum Gasteiger partial charge on any atom is 0.405 e. The number of amides is 3. The van der Waals surface area contributed by atoms with Gasteiger partial charge in [-0.3, -0.25) is 14.5 Å². The normalized spacial score (nSPS) is 17.4. The smallest absolute Gasteiger partial charge is 0.366 e. The van der Waals surface area contributed by atoms with E-state index in [4.69, 9.17) is 0 Å². The van der Waals surface area contributed by atoms with Crippen LogP contribution in [0.25, 0.3) is 0 Å². The molecule has 2 N–H and O–H groups in total. The summed E-state index contributed by atoms with van der Waals surface area (Å²) in [4.78, 5) is 45.0. The molecule has 2 aromatic heterocycles. The summed E-state index contributed by atoms with van der Waals surface area (Å²) in [5.41, 5.74) is 0.0431. The highest BCUT2D eigenvalue weighted by Gasteiger charge is 2.40.